The first kappa shape index (κ1) is 28.0. The Bertz CT molecular complexity index is 1340. The number of aromatic amines is 1. The number of benzene rings is 2. The lowest BCUT2D eigenvalue weighted by Gasteiger charge is -2.22. The lowest BCUT2D eigenvalue weighted by atomic mass is 9.96. The molecule has 1 heterocycles. The Balaban J connectivity index is 0.000000284. The molecule has 0 radical (unpaired) electrons. The van der Waals surface area contributed by atoms with Crippen LogP contribution in [0.5, 0.6) is 0 Å². The number of carbonyl (C=O) groups excluding carboxylic acids is 2. The van der Waals surface area contributed by atoms with Crippen molar-refractivity contribution in [3.05, 3.63) is 70.8 Å². The van der Waals surface area contributed by atoms with Crippen LogP contribution in [-0.2, 0) is 21.2 Å². The monoisotopic (exact) mass is 526 g/mol. The number of fused-ring (bicyclic) bond motifs is 1. The standard InChI is InChI=1S/C19H28N2O4S.C8H6N2O/c1-2-3-9-17(22)14-15-10-12-18(13-11-15)26(24,25)21-19(23)20-16-7-5-4-6-8-16;11-8-6-3-1-2-4-7(6)9-5-10-8/h10-13,16H,2-9,14H2,1H3,(H2,20,21,23);1-5H,(H,9,10,11). The van der Waals surface area contributed by atoms with Gasteiger partial charge in [-0.2, -0.15) is 0 Å². The van der Waals surface area contributed by atoms with Crippen LogP contribution in [0.3, 0.4) is 0 Å². The predicted octanol–water partition coefficient (Wildman–Crippen LogP) is 4.23. The molecule has 1 fully saturated rings. The fourth-order valence-corrected chi connectivity index (χ4v) is 5.05. The lowest BCUT2D eigenvalue weighted by molar-refractivity contribution is -0.118. The minimum Gasteiger partial charge on any atom is -0.335 e. The number of rotatable bonds is 8. The number of para-hydroxylation sites is 1. The molecule has 0 atom stereocenters. The molecule has 2 aromatic carbocycles. The van der Waals surface area contributed by atoms with E-state index < -0.39 is 16.1 Å². The Hall–Kier alpha value is -3.53. The molecule has 4 rings (SSSR count). The molecular formula is C27H34N4O5S. The lowest BCUT2D eigenvalue weighted by Crippen LogP contribution is -2.45. The van der Waals surface area contributed by atoms with Gasteiger partial charge in [-0.05, 0) is 49.1 Å². The number of unbranched alkanes of at least 4 members (excludes halogenated alkanes) is 1. The summed E-state index contributed by atoms with van der Waals surface area (Å²) in [4.78, 5) is 41.4. The molecule has 1 aromatic heterocycles. The molecular weight excluding hydrogens is 492 g/mol. The summed E-state index contributed by atoms with van der Waals surface area (Å²) in [5, 5.41) is 3.36. The van der Waals surface area contributed by atoms with E-state index in [-0.39, 0.29) is 22.3 Å². The number of sulfonamides is 1. The van der Waals surface area contributed by atoms with E-state index in [2.05, 4.69) is 20.0 Å². The summed E-state index contributed by atoms with van der Waals surface area (Å²) < 4.78 is 26.7. The molecule has 1 aliphatic carbocycles. The first-order valence-electron chi connectivity index (χ1n) is 12.6. The van der Waals surface area contributed by atoms with Crippen molar-refractivity contribution in [2.45, 2.75) is 75.6 Å². The normalized spacial score (nSPS) is 13.9. The van der Waals surface area contributed by atoms with Gasteiger partial charge in [-0.15, -0.1) is 0 Å². The maximum Gasteiger partial charge on any atom is 0.328 e. The summed E-state index contributed by atoms with van der Waals surface area (Å²) in [5.41, 5.74) is 1.42. The highest BCUT2D eigenvalue weighted by molar-refractivity contribution is 7.90. The minimum atomic E-state index is -3.92. The van der Waals surface area contributed by atoms with Gasteiger partial charge in [-0.25, -0.2) is 22.9 Å². The van der Waals surface area contributed by atoms with Gasteiger partial charge in [-0.1, -0.05) is 56.9 Å². The van der Waals surface area contributed by atoms with Crippen LogP contribution in [0.1, 0.15) is 63.9 Å². The third kappa shape index (κ3) is 8.82. The molecule has 1 saturated carbocycles. The van der Waals surface area contributed by atoms with Crippen molar-refractivity contribution in [1.82, 2.24) is 20.0 Å². The quantitative estimate of drug-likeness (QED) is 0.402. The van der Waals surface area contributed by atoms with E-state index in [1.807, 2.05) is 25.1 Å². The number of Topliss-reactive ketones (excluding diaryl/α,β-unsaturated/α-hetero) is 1. The van der Waals surface area contributed by atoms with E-state index in [0.29, 0.717) is 18.2 Å². The van der Waals surface area contributed by atoms with Crippen molar-refractivity contribution in [3.8, 4) is 0 Å². The van der Waals surface area contributed by atoms with Crippen molar-refractivity contribution < 1.29 is 18.0 Å². The topological polar surface area (TPSA) is 138 Å². The number of nitrogens with one attached hydrogen (secondary N) is 3. The molecule has 2 amide bonds. The van der Waals surface area contributed by atoms with Gasteiger partial charge in [0, 0.05) is 18.9 Å². The van der Waals surface area contributed by atoms with Crippen LogP contribution in [-0.4, -0.2) is 36.2 Å². The summed E-state index contributed by atoms with van der Waals surface area (Å²) in [6.45, 7) is 2.03. The van der Waals surface area contributed by atoms with E-state index in [4.69, 9.17) is 0 Å². The molecule has 0 spiro atoms. The molecule has 1 aliphatic rings. The maximum atomic E-state index is 12.3. The molecule has 0 saturated heterocycles. The largest absolute Gasteiger partial charge is 0.335 e. The first-order chi connectivity index (χ1) is 17.8. The zero-order chi connectivity index (χ0) is 26.7. The number of hydrogen-bond donors (Lipinski definition) is 3. The van der Waals surface area contributed by atoms with Crippen LogP contribution in [0.4, 0.5) is 4.79 Å². The van der Waals surface area contributed by atoms with Crippen LogP contribution in [0.15, 0.2) is 64.5 Å². The summed E-state index contributed by atoms with van der Waals surface area (Å²) in [7, 11) is -3.92. The van der Waals surface area contributed by atoms with Crippen LogP contribution >= 0.6 is 0 Å². The molecule has 0 unspecified atom stereocenters. The van der Waals surface area contributed by atoms with E-state index in [9.17, 15) is 22.8 Å². The van der Waals surface area contributed by atoms with E-state index >= 15 is 0 Å². The molecule has 0 bridgehead atoms. The zero-order valence-electron chi connectivity index (χ0n) is 21.0. The smallest absolute Gasteiger partial charge is 0.328 e. The highest BCUT2D eigenvalue weighted by Crippen LogP contribution is 2.17. The number of H-pyrrole nitrogens is 1. The zero-order valence-corrected chi connectivity index (χ0v) is 21.9. The Morgan fingerprint density at radius 1 is 1.03 bits per heavy atom. The van der Waals surface area contributed by atoms with E-state index in [1.165, 1.54) is 18.5 Å². The average Bonchev–Trinajstić information content (AvgIpc) is 2.89. The van der Waals surface area contributed by atoms with Crippen LogP contribution in [0.2, 0.25) is 0 Å². The van der Waals surface area contributed by atoms with Crippen molar-refractivity contribution in [2.75, 3.05) is 0 Å². The van der Waals surface area contributed by atoms with Gasteiger partial charge in [0.05, 0.1) is 22.1 Å². The summed E-state index contributed by atoms with van der Waals surface area (Å²) in [5.74, 6) is 0.146. The van der Waals surface area contributed by atoms with Crippen LogP contribution < -0.4 is 15.6 Å². The van der Waals surface area contributed by atoms with Gasteiger partial charge in [0.15, 0.2) is 0 Å². The first-order valence-corrected chi connectivity index (χ1v) is 14.1. The molecule has 198 valence electrons. The fourth-order valence-electron chi connectivity index (χ4n) is 4.14. The number of amides is 2. The minimum absolute atomic E-state index is 0.0149. The Morgan fingerprint density at radius 3 is 2.41 bits per heavy atom. The second-order valence-electron chi connectivity index (χ2n) is 9.13. The fraction of sp³-hybridized carbons (Fsp3) is 0.407. The number of aromatic nitrogens is 2. The second-order valence-corrected chi connectivity index (χ2v) is 10.8. The van der Waals surface area contributed by atoms with Crippen molar-refractivity contribution in [1.29, 1.82) is 0 Å². The van der Waals surface area contributed by atoms with E-state index in [0.717, 1.165) is 56.0 Å². The summed E-state index contributed by atoms with van der Waals surface area (Å²) in [6.07, 6.45) is 9.11. The SMILES string of the molecule is CCCCC(=O)Cc1ccc(S(=O)(=O)NC(=O)NC2CCCCC2)cc1.O=c1[nH]cnc2ccccc12. The Kier molecular flexibility index (Phi) is 10.4. The third-order valence-electron chi connectivity index (χ3n) is 6.16. The predicted molar refractivity (Wildman–Crippen MR) is 143 cm³/mol. The molecule has 10 heteroatoms. The summed E-state index contributed by atoms with van der Waals surface area (Å²) in [6, 6.07) is 12.7. The van der Waals surface area contributed by atoms with Crippen molar-refractivity contribution in [3.63, 3.8) is 0 Å². The molecule has 0 aliphatic heterocycles. The summed E-state index contributed by atoms with van der Waals surface area (Å²) >= 11 is 0. The van der Waals surface area contributed by atoms with Gasteiger partial charge in [-0.3, -0.25) is 9.59 Å². The average molecular weight is 527 g/mol. The van der Waals surface area contributed by atoms with E-state index in [1.54, 1.807) is 18.2 Å². The molecule has 9 nitrogen and oxygen atoms in total. The molecule has 37 heavy (non-hydrogen) atoms. The highest BCUT2D eigenvalue weighted by Gasteiger charge is 2.21. The van der Waals surface area contributed by atoms with Gasteiger partial charge >= 0.3 is 6.03 Å². The van der Waals surface area contributed by atoms with Gasteiger partial charge in [0.25, 0.3) is 15.6 Å². The van der Waals surface area contributed by atoms with Gasteiger partial charge in [0.2, 0.25) is 0 Å². The Labute approximate surface area is 217 Å². The molecule has 3 N–H and O–H groups in total. The van der Waals surface area contributed by atoms with Crippen molar-refractivity contribution in [2.24, 2.45) is 0 Å². The number of urea groups is 1. The van der Waals surface area contributed by atoms with Gasteiger partial charge in [0.1, 0.15) is 5.78 Å². The number of carbonyl (C=O) groups is 2. The number of nitrogens with zero attached hydrogens (tertiary/aromatic N) is 1. The second kappa shape index (κ2) is 13.7. The van der Waals surface area contributed by atoms with Crippen LogP contribution in [0.25, 0.3) is 10.9 Å². The molecule has 3 aromatic rings. The number of ketones is 1. The third-order valence-corrected chi connectivity index (χ3v) is 7.51. The van der Waals surface area contributed by atoms with Crippen LogP contribution in [0, 0.1) is 0 Å². The maximum absolute atomic E-state index is 12.3. The Morgan fingerprint density at radius 2 is 1.73 bits per heavy atom. The highest BCUT2D eigenvalue weighted by atomic mass is 32.2. The number of hydrogen-bond acceptors (Lipinski definition) is 6. The van der Waals surface area contributed by atoms with Gasteiger partial charge < -0.3 is 10.3 Å². The van der Waals surface area contributed by atoms with Crippen molar-refractivity contribution >= 4 is 32.7 Å².